The van der Waals surface area contributed by atoms with Crippen LogP contribution in [0.1, 0.15) is 5.56 Å². The Morgan fingerprint density at radius 3 is 1.67 bits per heavy atom. The molecule has 0 aliphatic carbocycles. The molecule has 3 aromatic rings. The molecule has 0 N–H and O–H groups in total. The van der Waals surface area contributed by atoms with Crippen LogP contribution in [0.25, 0.3) is 0 Å². The summed E-state index contributed by atoms with van der Waals surface area (Å²) in [5, 5.41) is 0.590. The molecule has 24 heavy (non-hydrogen) atoms. The zero-order valence-corrected chi connectivity index (χ0v) is 15.9. The molecule has 5 heteroatoms. The second kappa shape index (κ2) is 7.86. The number of hydrogen-bond donors (Lipinski definition) is 0. The fourth-order valence-electron chi connectivity index (χ4n) is 2.25. The van der Waals surface area contributed by atoms with E-state index in [1.54, 1.807) is 30.3 Å². The van der Waals surface area contributed by atoms with Crippen molar-refractivity contribution in [2.45, 2.75) is 4.43 Å². The third-order valence-corrected chi connectivity index (χ3v) is 6.12. The maximum absolute atomic E-state index is 13.7. The maximum atomic E-state index is 13.7. The number of alkyl halides is 1. The summed E-state index contributed by atoms with van der Waals surface area (Å²) in [4.78, 5) is 0. The molecule has 3 rings (SSSR count). The highest BCUT2D eigenvalue weighted by atomic mass is 127. The predicted octanol–water partition coefficient (Wildman–Crippen LogP) is 5.60. The van der Waals surface area contributed by atoms with Crippen molar-refractivity contribution >= 4 is 35.5 Å². The first-order valence-electron chi connectivity index (χ1n) is 7.45. The molecular weight excluding hydrogens is 434 g/mol. The lowest BCUT2D eigenvalue weighted by Gasteiger charge is -2.22. The van der Waals surface area contributed by atoms with E-state index < -0.39 is 7.60 Å². The lowest BCUT2D eigenvalue weighted by molar-refractivity contribution is 0.399. The van der Waals surface area contributed by atoms with Gasteiger partial charge in [-0.25, -0.2) is 4.57 Å². The molecule has 0 atom stereocenters. The van der Waals surface area contributed by atoms with Crippen LogP contribution in [0, 0.1) is 0 Å². The molecule has 3 nitrogen and oxygen atoms in total. The Morgan fingerprint density at radius 1 is 0.708 bits per heavy atom. The third-order valence-electron chi connectivity index (χ3n) is 3.37. The molecule has 0 unspecified atom stereocenters. The van der Waals surface area contributed by atoms with Crippen LogP contribution in [0.3, 0.4) is 0 Å². The van der Waals surface area contributed by atoms with Crippen molar-refractivity contribution in [3.05, 3.63) is 90.5 Å². The Bertz CT molecular complexity index is 792. The Kier molecular flexibility index (Phi) is 5.59. The topological polar surface area (TPSA) is 35.5 Å². The smallest absolute Gasteiger partial charge is 0.413 e. The van der Waals surface area contributed by atoms with Gasteiger partial charge in [-0.3, -0.25) is 0 Å². The van der Waals surface area contributed by atoms with Crippen molar-refractivity contribution in [2.75, 3.05) is 0 Å². The van der Waals surface area contributed by atoms with Gasteiger partial charge in [-0.2, -0.15) is 0 Å². The van der Waals surface area contributed by atoms with E-state index in [2.05, 4.69) is 22.6 Å². The minimum Gasteiger partial charge on any atom is -0.413 e. The average molecular weight is 450 g/mol. The monoisotopic (exact) mass is 450 g/mol. The molecule has 0 radical (unpaired) electrons. The van der Waals surface area contributed by atoms with Gasteiger partial charge in [-0.15, -0.1) is 0 Å². The van der Waals surface area contributed by atoms with Crippen molar-refractivity contribution in [3.8, 4) is 11.5 Å². The van der Waals surface area contributed by atoms with E-state index in [1.165, 1.54) is 0 Å². The largest absolute Gasteiger partial charge is 0.463 e. The molecule has 0 amide bonds. The fourth-order valence-corrected chi connectivity index (χ4v) is 5.02. The highest BCUT2D eigenvalue weighted by Crippen LogP contribution is 2.48. The first kappa shape index (κ1) is 17.1. The summed E-state index contributed by atoms with van der Waals surface area (Å²) in [5.41, 5.74) is 0.938. The zero-order chi connectivity index (χ0) is 16.8. The van der Waals surface area contributed by atoms with Gasteiger partial charge in [-0.05, 0) is 35.9 Å². The summed E-state index contributed by atoms with van der Waals surface area (Å²) in [5.74, 6) is 1.03. The highest BCUT2D eigenvalue weighted by molar-refractivity contribution is 14.1. The van der Waals surface area contributed by atoms with Gasteiger partial charge >= 0.3 is 7.60 Å². The van der Waals surface area contributed by atoms with Gasteiger partial charge in [0.25, 0.3) is 0 Å². The van der Waals surface area contributed by atoms with E-state index in [9.17, 15) is 4.57 Å². The van der Waals surface area contributed by atoms with E-state index in [0.717, 1.165) is 5.56 Å². The third kappa shape index (κ3) is 4.00. The fraction of sp³-hybridized carbons (Fsp3) is 0.0526. The SMILES string of the molecule is O=P(Oc1ccccc1)(Oc1ccccc1)c1ccccc1CI. The number of rotatable bonds is 6. The van der Waals surface area contributed by atoms with Crippen molar-refractivity contribution < 1.29 is 13.6 Å². The quantitative estimate of drug-likeness (QED) is 0.279. The minimum absolute atomic E-state index is 0.514. The van der Waals surface area contributed by atoms with Gasteiger partial charge in [0, 0.05) is 4.43 Å². The lowest BCUT2D eigenvalue weighted by atomic mass is 10.2. The van der Waals surface area contributed by atoms with Crippen LogP contribution in [-0.4, -0.2) is 0 Å². The second-order valence-electron chi connectivity index (χ2n) is 5.07. The van der Waals surface area contributed by atoms with Crippen molar-refractivity contribution in [2.24, 2.45) is 0 Å². The van der Waals surface area contributed by atoms with Crippen molar-refractivity contribution in [1.82, 2.24) is 0 Å². The molecule has 0 aromatic heterocycles. The number of halogens is 1. The van der Waals surface area contributed by atoms with Crippen LogP contribution in [0.4, 0.5) is 0 Å². The lowest BCUT2D eigenvalue weighted by Crippen LogP contribution is -2.18. The summed E-state index contributed by atoms with van der Waals surface area (Å²) >= 11 is 2.25. The molecule has 122 valence electrons. The highest BCUT2D eigenvalue weighted by Gasteiger charge is 2.33. The summed E-state index contributed by atoms with van der Waals surface area (Å²) in [6, 6.07) is 25.7. The van der Waals surface area contributed by atoms with Crippen LogP contribution in [0.15, 0.2) is 84.9 Å². The van der Waals surface area contributed by atoms with Crippen LogP contribution >= 0.6 is 30.2 Å². The Hall–Kier alpha value is -1.78. The van der Waals surface area contributed by atoms with E-state index in [-0.39, 0.29) is 0 Å². The molecule has 0 bridgehead atoms. The minimum atomic E-state index is -3.57. The Morgan fingerprint density at radius 2 is 1.17 bits per heavy atom. The van der Waals surface area contributed by atoms with Gasteiger partial charge in [0.05, 0.1) is 5.30 Å². The average Bonchev–Trinajstić information content (AvgIpc) is 2.63. The summed E-state index contributed by atoms with van der Waals surface area (Å²) in [7, 11) is -3.57. The van der Waals surface area contributed by atoms with E-state index in [4.69, 9.17) is 9.05 Å². The molecule has 0 spiro atoms. The van der Waals surface area contributed by atoms with Crippen LogP contribution in [0.2, 0.25) is 0 Å². The molecule has 3 aromatic carbocycles. The molecule has 0 fully saturated rings. The first-order chi connectivity index (χ1) is 11.7. The van der Waals surface area contributed by atoms with Gasteiger partial charge in [-0.1, -0.05) is 77.2 Å². The van der Waals surface area contributed by atoms with Gasteiger partial charge in [0.15, 0.2) is 0 Å². The summed E-state index contributed by atoms with van der Waals surface area (Å²) in [6.45, 7) is 0. The maximum Gasteiger partial charge on any atom is 0.463 e. The summed E-state index contributed by atoms with van der Waals surface area (Å²) < 4.78 is 26.1. The zero-order valence-electron chi connectivity index (χ0n) is 12.8. The first-order valence-corrected chi connectivity index (χ1v) is 10.5. The standard InChI is InChI=1S/C19H16IO3P/c20-15-16-9-7-8-14-19(16)24(21,22-17-10-3-1-4-11-17)23-18-12-5-2-6-13-18/h1-14H,15H2. The van der Waals surface area contributed by atoms with E-state index in [0.29, 0.717) is 21.2 Å². The predicted molar refractivity (Wildman–Crippen MR) is 106 cm³/mol. The van der Waals surface area contributed by atoms with Crippen molar-refractivity contribution in [1.29, 1.82) is 0 Å². The molecule has 0 heterocycles. The number of hydrogen-bond acceptors (Lipinski definition) is 3. The van der Waals surface area contributed by atoms with E-state index >= 15 is 0 Å². The van der Waals surface area contributed by atoms with Crippen LogP contribution < -0.4 is 14.4 Å². The molecular formula is C19H16IO3P. The van der Waals surface area contributed by atoms with Crippen LogP contribution in [-0.2, 0) is 8.99 Å². The Labute approximate surface area is 155 Å². The van der Waals surface area contributed by atoms with Gasteiger partial charge in [0.2, 0.25) is 0 Å². The second-order valence-corrected chi connectivity index (χ2v) is 7.67. The summed E-state index contributed by atoms with van der Waals surface area (Å²) in [6.07, 6.45) is 0. The molecule has 0 saturated carbocycles. The van der Waals surface area contributed by atoms with Crippen molar-refractivity contribution in [3.63, 3.8) is 0 Å². The van der Waals surface area contributed by atoms with Gasteiger partial charge in [0.1, 0.15) is 11.5 Å². The number of para-hydroxylation sites is 2. The Balaban J connectivity index is 2.04. The van der Waals surface area contributed by atoms with E-state index in [1.807, 2.05) is 54.6 Å². The van der Waals surface area contributed by atoms with Crippen LogP contribution in [0.5, 0.6) is 11.5 Å². The number of benzene rings is 3. The normalized spacial score (nSPS) is 11.0. The molecule has 0 aliphatic heterocycles. The van der Waals surface area contributed by atoms with Gasteiger partial charge < -0.3 is 9.05 Å². The molecule has 0 saturated heterocycles. The molecule has 0 aliphatic rings.